The van der Waals surface area contributed by atoms with Crippen LogP contribution in [0.4, 0.5) is 33.6 Å². The van der Waals surface area contributed by atoms with E-state index >= 15 is 0 Å². The van der Waals surface area contributed by atoms with E-state index in [4.69, 9.17) is 9.72 Å². The fourth-order valence-corrected chi connectivity index (χ4v) is 5.03. The number of aromatic nitrogens is 2. The van der Waals surface area contributed by atoms with Crippen molar-refractivity contribution in [1.29, 1.82) is 0 Å². The maximum absolute atomic E-state index is 12.6. The number of non-ortho nitro benzene ring substituents is 1. The molecule has 11 heteroatoms. The van der Waals surface area contributed by atoms with Gasteiger partial charge in [0.05, 0.1) is 27.2 Å². The summed E-state index contributed by atoms with van der Waals surface area (Å²) in [5, 5.41) is 19.4. The third-order valence-corrected chi connectivity index (χ3v) is 7.21. The normalized spacial score (nSPS) is 16.2. The van der Waals surface area contributed by atoms with Crippen LogP contribution in [0.1, 0.15) is 32.4 Å². The molecule has 5 rings (SSSR count). The first kappa shape index (κ1) is 24.4. The summed E-state index contributed by atoms with van der Waals surface area (Å²) in [5.74, 6) is 1.21. The number of ether oxygens (including phenoxy) is 1. The summed E-state index contributed by atoms with van der Waals surface area (Å²) in [4.78, 5) is 34.1. The van der Waals surface area contributed by atoms with Crippen LogP contribution in [0.2, 0.25) is 0 Å². The number of hydrogen-bond donors (Lipinski definition) is 2. The SMILES string of the molecule is CC(C)C1COC(=O)N1c1nc(N[C@@H](C)c2ccc(Nc3ccc([N+](=O)[O-])cc3)cc2)nc2ccsc12. The van der Waals surface area contributed by atoms with Gasteiger partial charge >= 0.3 is 6.09 Å². The Kier molecular flexibility index (Phi) is 6.62. The van der Waals surface area contributed by atoms with Crippen LogP contribution >= 0.6 is 11.3 Å². The monoisotopic (exact) mass is 518 g/mol. The van der Waals surface area contributed by atoms with E-state index in [9.17, 15) is 14.9 Å². The maximum Gasteiger partial charge on any atom is 0.415 e. The lowest BCUT2D eigenvalue weighted by molar-refractivity contribution is -0.384. The topological polar surface area (TPSA) is 123 Å². The number of cyclic esters (lactones) is 1. The Morgan fingerprint density at radius 1 is 1.05 bits per heavy atom. The quantitative estimate of drug-likeness (QED) is 0.200. The fraction of sp³-hybridized carbons (Fsp3) is 0.269. The molecule has 37 heavy (non-hydrogen) atoms. The van der Waals surface area contributed by atoms with Crippen molar-refractivity contribution in [3.05, 3.63) is 75.7 Å². The molecule has 2 aromatic carbocycles. The van der Waals surface area contributed by atoms with Crippen LogP contribution in [0.15, 0.2) is 60.0 Å². The average Bonchev–Trinajstić information content (AvgIpc) is 3.51. The summed E-state index contributed by atoms with van der Waals surface area (Å²) in [6.45, 7) is 6.48. The molecule has 2 N–H and O–H groups in total. The molecule has 190 valence electrons. The lowest BCUT2D eigenvalue weighted by atomic mass is 10.0. The molecular weight excluding hydrogens is 492 g/mol. The summed E-state index contributed by atoms with van der Waals surface area (Å²) in [6, 6.07) is 15.9. The molecule has 10 nitrogen and oxygen atoms in total. The van der Waals surface area contributed by atoms with E-state index in [-0.39, 0.29) is 29.8 Å². The minimum atomic E-state index is -0.421. The highest BCUT2D eigenvalue weighted by molar-refractivity contribution is 7.17. The van der Waals surface area contributed by atoms with Gasteiger partial charge in [-0.25, -0.2) is 9.78 Å². The number of benzene rings is 2. The molecular formula is C26H26N6O4S. The highest BCUT2D eigenvalue weighted by Crippen LogP contribution is 2.35. The Hall–Kier alpha value is -4.25. The fourth-order valence-electron chi connectivity index (χ4n) is 4.21. The lowest BCUT2D eigenvalue weighted by Gasteiger charge is -2.24. The Morgan fingerprint density at radius 2 is 1.73 bits per heavy atom. The highest BCUT2D eigenvalue weighted by atomic mass is 32.1. The summed E-state index contributed by atoms with van der Waals surface area (Å²) in [7, 11) is 0. The van der Waals surface area contributed by atoms with E-state index in [0.717, 1.165) is 27.2 Å². The zero-order valence-electron chi connectivity index (χ0n) is 20.5. The van der Waals surface area contributed by atoms with E-state index in [0.29, 0.717) is 18.4 Å². The van der Waals surface area contributed by atoms with Gasteiger partial charge in [-0.1, -0.05) is 26.0 Å². The van der Waals surface area contributed by atoms with E-state index in [2.05, 4.69) is 29.5 Å². The second-order valence-electron chi connectivity index (χ2n) is 9.18. The summed E-state index contributed by atoms with van der Waals surface area (Å²) >= 11 is 1.50. The van der Waals surface area contributed by atoms with Crippen molar-refractivity contribution >= 4 is 56.5 Å². The molecule has 1 saturated heterocycles. The first-order valence-electron chi connectivity index (χ1n) is 11.9. The van der Waals surface area contributed by atoms with Gasteiger partial charge in [-0.05, 0) is 54.1 Å². The number of carbonyl (C=O) groups is 1. The predicted octanol–water partition coefficient (Wildman–Crippen LogP) is 6.50. The highest BCUT2D eigenvalue weighted by Gasteiger charge is 2.38. The molecule has 1 aliphatic heterocycles. The average molecular weight is 519 g/mol. The van der Waals surface area contributed by atoms with Crippen LogP contribution in [0, 0.1) is 16.0 Å². The van der Waals surface area contributed by atoms with Crippen molar-refractivity contribution in [3.8, 4) is 0 Å². The summed E-state index contributed by atoms with van der Waals surface area (Å²) < 4.78 is 6.21. The molecule has 0 spiro atoms. The van der Waals surface area contributed by atoms with Gasteiger partial charge in [0.1, 0.15) is 6.61 Å². The van der Waals surface area contributed by atoms with Gasteiger partial charge in [-0.2, -0.15) is 4.98 Å². The molecule has 1 fully saturated rings. The summed E-state index contributed by atoms with van der Waals surface area (Å²) in [6.07, 6.45) is -0.387. The number of nitro benzene ring substituents is 1. The smallest absolute Gasteiger partial charge is 0.415 e. The van der Waals surface area contributed by atoms with Crippen LogP contribution in [0.25, 0.3) is 10.2 Å². The summed E-state index contributed by atoms with van der Waals surface area (Å²) in [5.41, 5.74) is 3.46. The number of fused-ring (bicyclic) bond motifs is 1. The van der Waals surface area contributed by atoms with Crippen LogP contribution in [0.3, 0.4) is 0 Å². The maximum atomic E-state index is 12.6. The van der Waals surface area contributed by atoms with Crippen molar-refractivity contribution in [3.63, 3.8) is 0 Å². The van der Waals surface area contributed by atoms with E-state index in [1.165, 1.54) is 23.5 Å². The van der Waals surface area contributed by atoms with Crippen molar-refractivity contribution < 1.29 is 14.5 Å². The number of rotatable bonds is 8. The molecule has 0 bridgehead atoms. The number of hydrogen-bond acceptors (Lipinski definition) is 9. The van der Waals surface area contributed by atoms with Crippen molar-refractivity contribution in [2.75, 3.05) is 22.1 Å². The number of amides is 1. The second kappa shape index (κ2) is 10.0. The van der Waals surface area contributed by atoms with Crippen molar-refractivity contribution in [1.82, 2.24) is 9.97 Å². The van der Waals surface area contributed by atoms with Gasteiger partial charge in [0, 0.05) is 23.5 Å². The molecule has 1 unspecified atom stereocenters. The first-order chi connectivity index (χ1) is 17.8. The molecule has 0 saturated carbocycles. The third-order valence-electron chi connectivity index (χ3n) is 6.31. The van der Waals surface area contributed by atoms with Crippen LogP contribution in [0.5, 0.6) is 0 Å². The van der Waals surface area contributed by atoms with Gasteiger partial charge < -0.3 is 15.4 Å². The number of thiophene rings is 1. The molecule has 1 amide bonds. The molecule has 0 radical (unpaired) electrons. The van der Waals surface area contributed by atoms with Crippen LogP contribution in [-0.4, -0.2) is 33.6 Å². The number of nitro groups is 1. The largest absolute Gasteiger partial charge is 0.447 e. The second-order valence-corrected chi connectivity index (χ2v) is 10.1. The lowest BCUT2D eigenvalue weighted by Crippen LogP contribution is -2.38. The Labute approximate surface area is 217 Å². The third kappa shape index (κ3) is 5.03. The Morgan fingerprint density at radius 3 is 2.38 bits per heavy atom. The van der Waals surface area contributed by atoms with Gasteiger partial charge in [0.2, 0.25) is 5.95 Å². The molecule has 2 aromatic heterocycles. The van der Waals surface area contributed by atoms with E-state index in [1.54, 1.807) is 17.0 Å². The van der Waals surface area contributed by atoms with Crippen LogP contribution in [-0.2, 0) is 4.74 Å². The zero-order valence-corrected chi connectivity index (χ0v) is 21.4. The number of anilines is 4. The standard InChI is InChI=1S/C26H26N6O4S/c1-15(2)22-14-36-26(33)31(22)24-23-21(12-13-37-23)29-25(30-24)27-16(3)17-4-6-18(7-5-17)28-19-8-10-20(11-9-19)32(34)35/h4-13,15-16,22,28H,14H2,1-3H3,(H,27,29,30)/t16-,22?/m0/s1. The van der Waals surface area contributed by atoms with Crippen LogP contribution < -0.4 is 15.5 Å². The zero-order chi connectivity index (χ0) is 26.1. The molecule has 1 aliphatic rings. The Bertz CT molecular complexity index is 1440. The first-order valence-corrected chi connectivity index (χ1v) is 12.8. The van der Waals surface area contributed by atoms with Crippen molar-refractivity contribution in [2.24, 2.45) is 5.92 Å². The van der Waals surface area contributed by atoms with E-state index in [1.807, 2.05) is 42.6 Å². The minimum absolute atomic E-state index is 0.0492. The number of nitrogens with one attached hydrogen (secondary N) is 2. The minimum Gasteiger partial charge on any atom is -0.447 e. The van der Waals surface area contributed by atoms with Gasteiger partial charge in [-0.15, -0.1) is 11.3 Å². The van der Waals surface area contributed by atoms with Gasteiger partial charge in [0.25, 0.3) is 5.69 Å². The molecule has 4 aromatic rings. The number of carbonyl (C=O) groups excluding carboxylic acids is 1. The Balaban J connectivity index is 1.34. The molecule has 0 aliphatic carbocycles. The molecule has 3 heterocycles. The van der Waals surface area contributed by atoms with Crippen molar-refractivity contribution in [2.45, 2.75) is 32.9 Å². The van der Waals surface area contributed by atoms with E-state index < -0.39 is 4.92 Å². The van der Waals surface area contributed by atoms with Gasteiger partial charge in [-0.3, -0.25) is 15.0 Å². The van der Waals surface area contributed by atoms with Gasteiger partial charge in [0.15, 0.2) is 5.82 Å². The number of nitrogens with zero attached hydrogens (tertiary/aromatic N) is 4. The predicted molar refractivity (Wildman–Crippen MR) is 145 cm³/mol. The molecule has 2 atom stereocenters.